The second-order valence-corrected chi connectivity index (χ2v) is 6.53. The van der Waals surface area contributed by atoms with Crippen molar-refractivity contribution in [1.82, 2.24) is 19.9 Å². The van der Waals surface area contributed by atoms with Crippen LogP contribution < -0.4 is 11.0 Å². The molecule has 1 aliphatic rings. The summed E-state index contributed by atoms with van der Waals surface area (Å²) in [7, 11) is 0. The summed E-state index contributed by atoms with van der Waals surface area (Å²) >= 11 is 3.51. The van der Waals surface area contributed by atoms with E-state index >= 15 is 0 Å². The number of imidazole rings is 1. The van der Waals surface area contributed by atoms with Gasteiger partial charge in [-0.3, -0.25) is 0 Å². The Labute approximate surface area is 140 Å². The lowest BCUT2D eigenvalue weighted by molar-refractivity contribution is 0.761. The zero-order valence-electron chi connectivity index (χ0n) is 12.1. The summed E-state index contributed by atoms with van der Waals surface area (Å²) in [5.41, 5.74) is 3.94. The van der Waals surface area contributed by atoms with Crippen LogP contribution in [0.25, 0.3) is 11.3 Å². The van der Waals surface area contributed by atoms with E-state index in [1.807, 2.05) is 0 Å². The minimum atomic E-state index is -0.239. The van der Waals surface area contributed by atoms with Crippen molar-refractivity contribution in [1.29, 1.82) is 0 Å². The van der Waals surface area contributed by atoms with Crippen LogP contribution in [-0.4, -0.2) is 26.0 Å². The molecule has 1 unspecified atom stereocenters. The Hall–Kier alpha value is -2.41. The van der Waals surface area contributed by atoms with Gasteiger partial charge < -0.3 is 15.3 Å². The molecule has 2 heterocycles. The lowest BCUT2D eigenvalue weighted by atomic mass is 10.1. The maximum atomic E-state index is 11.1. The number of benzene rings is 1. The number of hydrogen-bond acceptors (Lipinski definition) is 4. The molecule has 0 aliphatic heterocycles. The molecule has 23 heavy (non-hydrogen) atoms. The average Bonchev–Trinajstić information content (AvgIpc) is 3.13. The van der Waals surface area contributed by atoms with Crippen LogP contribution in [0, 0.1) is 0 Å². The molecule has 0 spiro atoms. The van der Waals surface area contributed by atoms with Gasteiger partial charge in [-0.15, -0.1) is 0 Å². The summed E-state index contributed by atoms with van der Waals surface area (Å²) in [5, 5.41) is 3.37. The highest BCUT2D eigenvalue weighted by Gasteiger charge is 2.22. The molecule has 0 saturated heterocycles. The smallest absolute Gasteiger partial charge is 0.323 e. The van der Waals surface area contributed by atoms with E-state index in [0.29, 0.717) is 17.7 Å². The molecule has 1 aliphatic carbocycles. The molecule has 3 N–H and O–H groups in total. The highest BCUT2D eigenvalue weighted by atomic mass is 79.9. The molecule has 4 rings (SSSR count). The lowest BCUT2D eigenvalue weighted by Crippen LogP contribution is -2.20. The Morgan fingerprint density at radius 1 is 1.17 bits per heavy atom. The van der Waals surface area contributed by atoms with Gasteiger partial charge in [0, 0.05) is 34.7 Å². The molecule has 2 aromatic heterocycles. The number of aromatic nitrogens is 4. The van der Waals surface area contributed by atoms with E-state index in [9.17, 15) is 4.79 Å². The van der Waals surface area contributed by atoms with Crippen LogP contribution >= 0.6 is 15.9 Å². The average molecular weight is 372 g/mol. The third-order valence-corrected chi connectivity index (χ3v) is 4.49. The quantitative estimate of drug-likeness (QED) is 0.660. The molecule has 1 atom stereocenters. The first kappa shape index (κ1) is 14.2. The largest absolute Gasteiger partial charge is 0.351 e. The van der Waals surface area contributed by atoms with E-state index < -0.39 is 0 Å². The topological polar surface area (TPSA) is 86.5 Å². The van der Waals surface area contributed by atoms with Gasteiger partial charge >= 0.3 is 5.69 Å². The Morgan fingerprint density at radius 2 is 1.96 bits per heavy atom. The summed E-state index contributed by atoms with van der Waals surface area (Å²) in [5.74, 6) is 0.600. The highest BCUT2D eigenvalue weighted by Crippen LogP contribution is 2.27. The van der Waals surface area contributed by atoms with Gasteiger partial charge in [-0.05, 0) is 36.1 Å². The first-order valence-electron chi connectivity index (χ1n) is 7.31. The number of hydrogen-bond donors (Lipinski definition) is 3. The molecule has 0 fully saturated rings. The Balaban J connectivity index is 1.47. The maximum Gasteiger partial charge on any atom is 0.323 e. The Morgan fingerprint density at radius 3 is 2.70 bits per heavy atom. The van der Waals surface area contributed by atoms with Crippen molar-refractivity contribution in [3.05, 3.63) is 62.9 Å². The van der Waals surface area contributed by atoms with Gasteiger partial charge in [-0.2, -0.15) is 0 Å². The molecule has 0 radical (unpaired) electrons. The summed E-state index contributed by atoms with van der Waals surface area (Å²) < 4.78 is 1.11. The van der Waals surface area contributed by atoms with Gasteiger partial charge in [0.1, 0.15) is 0 Å². The number of nitrogens with zero attached hydrogens (tertiary/aromatic N) is 2. The molecule has 0 amide bonds. The summed E-state index contributed by atoms with van der Waals surface area (Å²) in [6.45, 7) is 0. The number of fused-ring (bicyclic) bond motifs is 1. The van der Waals surface area contributed by atoms with Gasteiger partial charge in [-0.25, -0.2) is 14.8 Å². The first-order chi connectivity index (χ1) is 11.2. The van der Waals surface area contributed by atoms with Crippen molar-refractivity contribution in [3.63, 3.8) is 0 Å². The van der Waals surface area contributed by atoms with E-state index in [2.05, 4.69) is 59.4 Å². The van der Waals surface area contributed by atoms with Gasteiger partial charge in [0.05, 0.1) is 5.69 Å². The third kappa shape index (κ3) is 2.92. The van der Waals surface area contributed by atoms with Crippen LogP contribution in [0.3, 0.4) is 0 Å². The number of rotatable bonds is 3. The zero-order chi connectivity index (χ0) is 15.8. The maximum absolute atomic E-state index is 11.1. The van der Waals surface area contributed by atoms with Crippen LogP contribution in [0.15, 0.2) is 46.1 Å². The summed E-state index contributed by atoms with van der Waals surface area (Å²) in [6.07, 6.45) is 6.95. The molecular formula is C16H14BrN5O. The summed E-state index contributed by atoms with van der Waals surface area (Å²) in [6, 6.07) is 6.71. The summed E-state index contributed by atoms with van der Waals surface area (Å²) in [4.78, 5) is 25.1. The molecular weight excluding hydrogens is 358 g/mol. The molecule has 7 heteroatoms. The molecule has 1 aromatic carbocycles. The van der Waals surface area contributed by atoms with Crippen molar-refractivity contribution >= 4 is 21.9 Å². The second-order valence-electron chi connectivity index (χ2n) is 5.61. The molecule has 0 saturated carbocycles. The Kier molecular flexibility index (Phi) is 3.49. The van der Waals surface area contributed by atoms with Crippen molar-refractivity contribution in [2.45, 2.75) is 18.9 Å². The minimum Gasteiger partial charge on any atom is -0.351 e. The number of halogens is 1. The standard InChI is InChI=1S/C16H14BrN5O/c17-12-2-1-9-4-13(5-10(9)3-12)21-15-18-6-11(7-19-15)14-8-20-16(23)22-14/h1-3,6-8,13H,4-5H2,(H,18,19,21)(H2,20,22,23). The predicted molar refractivity (Wildman–Crippen MR) is 91.4 cm³/mol. The number of aromatic amines is 2. The fourth-order valence-corrected chi connectivity index (χ4v) is 3.31. The van der Waals surface area contributed by atoms with E-state index in [0.717, 1.165) is 22.9 Å². The van der Waals surface area contributed by atoms with E-state index in [1.54, 1.807) is 18.6 Å². The van der Waals surface area contributed by atoms with Crippen molar-refractivity contribution < 1.29 is 0 Å². The van der Waals surface area contributed by atoms with Gasteiger partial charge in [0.15, 0.2) is 0 Å². The first-order valence-corrected chi connectivity index (χ1v) is 8.10. The molecule has 0 bridgehead atoms. The third-order valence-electron chi connectivity index (χ3n) is 3.99. The molecule has 3 aromatic rings. The number of anilines is 1. The van der Waals surface area contributed by atoms with Crippen molar-refractivity contribution in [2.75, 3.05) is 5.32 Å². The van der Waals surface area contributed by atoms with Gasteiger partial charge in [-0.1, -0.05) is 22.0 Å². The zero-order valence-corrected chi connectivity index (χ0v) is 13.7. The van der Waals surface area contributed by atoms with E-state index in [4.69, 9.17) is 0 Å². The molecule has 116 valence electrons. The van der Waals surface area contributed by atoms with Gasteiger partial charge in [0.25, 0.3) is 0 Å². The second kappa shape index (κ2) is 5.66. The minimum absolute atomic E-state index is 0.239. The fourth-order valence-electron chi connectivity index (χ4n) is 2.90. The Bertz CT molecular complexity index is 899. The fraction of sp³-hybridized carbons (Fsp3) is 0.188. The number of nitrogens with one attached hydrogen (secondary N) is 3. The van der Waals surface area contributed by atoms with E-state index in [-0.39, 0.29) is 5.69 Å². The van der Waals surface area contributed by atoms with Gasteiger partial charge in [0.2, 0.25) is 5.95 Å². The SMILES string of the molecule is O=c1[nH]cc(-c2cnc(NC3Cc4ccc(Br)cc4C3)nc2)[nH]1. The van der Waals surface area contributed by atoms with Crippen LogP contribution in [0.2, 0.25) is 0 Å². The van der Waals surface area contributed by atoms with E-state index in [1.165, 1.54) is 11.1 Å². The number of H-pyrrole nitrogens is 2. The van der Waals surface area contributed by atoms with Crippen LogP contribution in [0.4, 0.5) is 5.95 Å². The normalized spacial score (nSPS) is 16.3. The molecule has 6 nitrogen and oxygen atoms in total. The van der Waals surface area contributed by atoms with Crippen LogP contribution in [0.1, 0.15) is 11.1 Å². The predicted octanol–water partition coefficient (Wildman–Crippen LogP) is 2.50. The lowest BCUT2D eigenvalue weighted by Gasteiger charge is -2.11. The monoisotopic (exact) mass is 371 g/mol. The van der Waals surface area contributed by atoms with Crippen LogP contribution in [0.5, 0.6) is 0 Å². The van der Waals surface area contributed by atoms with Crippen molar-refractivity contribution in [3.8, 4) is 11.3 Å². The van der Waals surface area contributed by atoms with Crippen molar-refractivity contribution in [2.24, 2.45) is 0 Å². The highest BCUT2D eigenvalue weighted by molar-refractivity contribution is 9.10. The van der Waals surface area contributed by atoms with Crippen LogP contribution in [-0.2, 0) is 12.8 Å².